The summed E-state index contributed by atoms with van der Waals surface area (Å²) in [5.41, 5.74) is 1.47. The van der Waals surface area contributed by atoms with Crippen LogP contribution >= 0.6 is 0 Å². The molecule has 4 aliphatic carbocycles. The highest BCUT2D eigenvalue weighted by molar-refractivity contribution is 5.91. The maximum absolute atomic E-state index is 12.9. The number of ether oxygens (including phenoxy) is 3. The molecule has 0 aromatic heterocycles. The Kier molecular flexibility index (Phi) is 3.95. The highest BCUT2D eigenvalue weighted by Gasteiger charge is 2.79. The van der Waals surface area contributed by atoms with Crippen LogP contribution in [0.1, 0.15) is 41.3 Å². The highest BCUT2D eigenvalue weighted by Crippen LogP contribution is 2.73. The molecule has 1 saturated heterocycles. The molecule has 4 bridgehead atoms. The second kappa shape index (κ2) is 6.58. The van der Waals surface area contributed by atoms with Gasteiger partial charge in [0.1, 0.15) is 17.5 Å². The van der Waals surface area contributed by atoms with E-state index in [9.17, 15) is 9.59 Å². The van der Waals surface area contributed by atoms with E-state index in [4.69, 9.17) is 14.2 Å². The van der Waals surface area contributed by atoms with Crippen LogP contribution in [0.25, 0.3) is 0 Å². The van der Waals surface area contributed by atoms with Gasteiger partial charge in [-0.15, -0.1) is 0 Å². The first-order valence-electron chi connectivity index (χ1n) is 12.1. The Morgan fingerprint density at radius 2 is 1.94 bits per heavy atom. The van der Waals surface area contributed by atoms with E-state index in [1.54, 1.807) is 26.2 Å². The first kappa shape index (κ1) is 20.4. The Morgan fingerprint density at radius 3 is 2.71 bits per heavy atom. The quantitative estimate of drug-likeness (QED) is 0.431. The van der Waals surface area contributed by atoms with Gasteiger partial charge < -0.3 is 19.5 Å². The van der Waals surface area contributed by atoms with E-state index in [-0.39, 0.29) is 34.7 Å². The molecule has 2 heterocycles. The zero-order valence-corrected chi connectivity index (χ0v) is 19.3. The molecule has 2 fully saturated rings. The number of carbonyl (C=O) groups is 2. The molecule has 1 saturated carbocycles. The van der Waals surface area contributed by atoms with E-state index in [1.807, 2.05) is 24.3 Å². The number of Topliss-reactive ketones (excluding diaryl/α,β-unsaturated/α-hetero) is 1. The molecule has 0 unspecified atom stereocenters. The zero-order chi connectivity index (χ0) is 23.3. The van der Waals surface area contributed by atoms with Crippen molar-refractivity contribution in [3.63, 3.8) is 0 Å². The predicted octanol–water partition coefficient (Wildman–Crippen LogP) is 3.37. The Balaban J connectivity index is 1.43. The van der Waals surface area contributed by atoms with E-state index in [2.05, 4.69) is 23.5 Å². The summed E-state index contributed by atoms with van der Waals surface area (Å²) >= 11 is 0. The van der Waals surface area contributed by atoms with Gasteiger partial charge in [-0.3, -0.25) is 4.79 Å². The molecular formula is C28H27NO5. The summed E-state index contributed by atoms with van der Waals surface area (Å²) in [6.45, 7) is 2.54. The van der Waals surface area contributed by atoms with E-state index in [0.717, 1.165) is 31.4 Å². The van der Waals surface area contributed by atoms with Gasteiger partial charge in [0.05, 0.1) is 16.9 Å². The van der Waals surface area contributed by atoms with Gasteiger partial charge in [0.15, 0.2) is 11.5 Å². The number of carbonyl (C=O) groups excluding carboxylic acids is 2. The molecule has 2 aliphatic heterocycles. The van der Waals surface area contributed by atoms with Crippen LogP contribution in [-0.4, -0.2) is 43.2 Å². The van der Waals surface area contributed by atoms with E-state index in [1.165, 1.54) is 5.56 Å². The van der Waals surface area contributed by atoms with Gasteiger partial charge in [-0.05, 0) is 56.5 Å². The van der Waals surface area contributed by atoms with Gasteiger partial charge in [0, 0.05) is 24.1 Å². The summed E-state index contributed by atoms with van der Waals surface area (Å²) in [7, 11) is 1.68. The predicted molar refractivity (Wildman–Crippen MR) is 124 cm³/mol. The minimum atomic E-state index is -0.843. The SMILES string of the molecule is CO[C@]12C=C[C@@]3(C[C@@H]1C(C)=O)[C@H]1Cc4ccc(OC(=O)c5ccccc5)c5c4[C@@]3(CCN1)[C@H]2O5. The minimum Gasteiger partial charge on any atom is -0.482 e. The normalized spacial score (nSPS) is 37.6. The number of hydrogen-bond donors (Lipinski definition) is 1. The molecule has 6 atom stereocenters. The average Bonchev–Trinajstić information content (AvgIpc) is 3.22. The number of nitrogens with one attached hydrogen (secondary N) is 1. The second-order valence-electron chi connectivity index (χ2n) is 10.4. The molecule has 8 rings (SSSR count). The van der Waals surface area contributed by atoms with Crippen LogP contribution in [0.15, 0.2) is 54.6 Å². The largest absolute Gasteiger partial charge is 0.482 e. The second-order valence-corrected chi connectivity index (χ2v) is 10.4. The fourth-order valence-electron chi connectivity index (χ4n) is 8.00. The van der Waals surface area contributed by atoms with E-state index < -0.39 is 11.6 Å². The summed E-state index contributed by atoms with van der Waals surface area (Å²) in [4.78, 5) is 25.9. The Morgan fingerprint density at radius 1 is 1.12 bits per heavy atom. The summed E-state index contributed by atoms with van der Waals surface area (Å²) in [5, 5.41) is 3.76. The third kappa shape index (κ3) is 2.15. The Labute approximate surface area is 198 Å². The van der Waals surface area contributed by atoms with Crippen molar-refractivity contribution in [3.05, 3.63) is 71.3 Å². The molecule has 0 amide bonds. The Bertz CT molecular complexity index is 1270. The van der Waals surface area contributed by atoms with Gasteiger partial charge in [-0.1, -0.05) is 36.4 Å². The summed E-state index contributed by atoms with van der Waals surface area (Å²) in [6.07, 6.45) is 6.52. The topological polar surface area (TPSA) is 73.9 Å². The smallest absolute Gasteiger partial charge is 0.343 e. The molecule has 2 aromatic carbocycles. The van der Waals surface area contributed by atoms with Crippen LogP contribution in [0.5, 0.6) is 11.5 Å². The van der Waals surface area contributed by atoms with Crippen molar-refractivity contribution >= 4 is 11.8 Å². The fourth-order valence-corrected chi connectivity index (χ4v) is 8.00. The van der Waals surface area contributed by atoms with Crippen LogP contribution in [0, 0.1) is 11.3 Å². The maximum Gasteiger partial charge on any atom is 0.343 e. The number of methoxy groups -OCH3 is 1. The number of rotatable bonds is 4. The highest BCUT2D eigenvalue weighted by atomic mass is 16.6. The van der Waals surface area contributed by atoms with Gasteiger partial charge in [0.2, 0.25) is 0 Å². The fraction of sp³-hybridized carbons (Fsp3) is 0.429. The average molecular weight is 458 g/mol. The van der Waals surface area contributed by atoms with Crippen LogP contribution in [-0.2, 0) is 21.4 Å². The van der Waals surface area contributed by atoms with Crippen molar-refractivity contribution in [1.29, 1.82) is 0 Å². The molecule has 174 valence electrons. The number of piperidine rings is 1. The third-order valence-corrected chi connectivity index (χ3v) is 9.32. The molecule has 2 aromatic rings. The van der Waals surface area contributed by atoms with Gasteiger partial charge >= 0.3 is 5.97 Å². The molecular weight excluding hydrogens is 430 g/mol. The van der Waals surface area contributed by atoms with Crippen molar-refractivity contribution in [3.8, 4) is 11.5 Å². The molecule has 34 heavy (non-hydrogen) atoms. The van der Waals surface area contributed by atoms with Crippen molar-refractivity contribution in [1.82, 2.24) is 5.32 Å². The summed E-state index contributed by atoms with van der Waals surface area (Å²) in [6, 6.07) is 13.2. The van der Waals surface area contributed by atoms with Crippen LogP contribution in [0.4, 0.5) is 0 Å². The lowest BCUT2D eigenvalue weighted by molar-refractivity contribution is -0.200. The van der Waals surface area contributed by atoms with Crippen molar-refractivity contribution in [2.75, 3.05) is 13.7 Å². The third-order valence-electron chi connectivity index (χ3n) is 9.32. The first-order chi connectivity index (χ1) is 16.5. The number of benzene rings is 2. The lowest BCUT2D eigenvalue weighted by atomic mass is 9.37. The van der Waals surface area contributed by atoms with E-state index in [0.29, 0.717) is 17.1 Å². The van der Waals surface area contributed by atoms with Crippen LogP contribution < -0.4 is 14.8 Å². The van der Waals surface area contributed by atoms with E-state index >= 15 is 0 Å². The lowest BCUT2D eigenvalue weighted by Crippen LogP contribution is -2.79. The molecule has 2 spiro atoms. The molecule has 6 heteroatoms. The molecule has 0 radical (unpaired) electrons. The van der Waals surface area contributed by atoms with Gasteiger partial charge in [0.25, 0.3) is 0 Å². The van der Waals surface area contributed by atoms with Gasteiger partial charge in [-0.2, -0.15) is 0 Å². The van der Waals surface area contributed by atoms with Crippen LogP contribution in [0.2, 0.25) is 0 Å². The number of hydrogen-bond acceptors (Lipinski definition) is 6. The van der Waals surface area contributed by atoms with Crippen molar-refractivity contribution in [2.45, 2.75) is 49.3 Å². The minimum absolute atomic E-state index is 0.125. The number of fused-ring (bicyclic) bond motifs is 1. The Hall–Kier alpha value is -2.96. The standard InChI is InChI=1S/C28H27NO5/c1-16(30)19-15-26-10-11-28(19,32-2)25-27(26)12-13-29-21(26)14-18-8-9-20(23(34-25)22(18)27)33-24(31)17-6-4-3-5-7-17/h3-11,19,21,25,29H,12-15H2,1-2H3/t19-,21-,25-,26-,27+,28-/m1/s1. The maximum atomic E-state index is 12.9. The van der Waals surface area contributed by atoms with Crippen molar-refractivity contribution in [2.24, 2.45) is 11.3 Å². The zero-order valence-electron chi connectivity index (χ0n) is 19.3. The first-order valence-corrected chi connectivity index (χ1v) is 12.1. The van der Waals surface area contributed by atoms with Crippen molar-refractivity contribution < 1.29 is 23.8 Å². The summed E-state index contributed by atoms with van der Waals surface area (Å²) < 4.78 is 18.9. The monoisotopic (exact) mass is 457 g/mol. The molecule has 1 N–H and O–H groups in total. The molecule has 6 nitrogen and oxygen atoms in total. The lowest BCUT2D eigenvalue weighted by Gasteiger charge is -2.69. The number of esters is 1. The molecule has 6 aliphatic rings. The van der Waals surface area contributed by atoms with Gasteiger partial charge in [-0.25, -0.2) is 4.79 Å². The van der Waals surface area contributed by atoms with Crippen LogP contribution in [0.3, 0.4) is 0 Å². The number of ketones is 1. The summed E-state index contributed by atoms with van der Waals surface area (Å²) in [5.74, 6) is 0.513.